The van der Waals surface area contributed by atoms with Gasteiger partial charge in [0.2, 0.25) is 5.91 Å². The topological polar surface area (TPSA) is 84.8 Å². The Morgan fingerprint density at radius 3 is 2.38 bits per heavy atom. The van der Waals surface area contributed by atoms with Crippen molar-refractivity contribution in [2.45, 2.75) is 56.0 Å². The number of benzene rings is 3. The predicted octanol–water partition coefficient (Wildman–Crippen LogP) is 3.04. The minimum absolute atomic E-state index is 0.0347. The number of carbonyl (C=O) groups excluding carboxylic acids is 1. The Kier molecular flexibility index (Phi) is 5.27. The molecule has 0 aromatic heterocycles. The van der Waals surface area contributed by atoms with Crippen molar-refractivity contribution in [2.24, 2.45) is 0 Å². The van der Waals surface area contributed by atoms with Gasteiger partial charge in [-0.1, -0.05) is 48.5 Å². The molecule has 5 atom stereocenters. The van der Waals surface area contributed by atoms with E-state index in [0.717, 1.165) is 30.4 Å². The zero-order valence-electron chi connectivity index (χ0n) is 18.9. The number of fused-ring (bicyclic) bond motifs is 5. The highest BCUT2D eigenvalue weighted by Crippen LogP contribution is 2.41. The van der Waals surface area contributed by atoms with Gasteiger partial charge >= 0.3 is 0 Å². The normalized spacial score (nSPS) is 27.7. The second-order valence-corrected chi connectivity index (χ2v) is 9.71. The van der Waals surface area contributed by atoms with E-state index in [2.05, 4.69) is 39.8 Å². The van der Waals surface area contributed by atoms with Crippen molar-refractivity contribution in [3.05, 3.63) is 95.1 Å². The molecule has 2 saturated heterocycles. The van der Waals surface area contributed by atoms with Crippen LogP contribution in [0.1, 0.15) is 34.7 Å². The molecule has 6 rings (SSSR count). The quantitative estimate of drug-likeness (QED) is 0.486. The van der Waals surface area contributed by atoms with Crippen LogP contribution in [-0.4, -0.2) is 45.3 Å². The highest BCUT2D eigenvalue weighted by Gasteiger charge is 2.52. The number of hydrogen-bond donors (Lipinski definition) is 4. The van der Waals surface area contributed by atoms with Crippen molar-refractivity contribution in [3.63, 3.8) is 0 Å². The molecule has 5 unspecified atom stereocenters. The number of hydrogen-bond acceptors (Lipinski definition) is 5. The van der Waals surface area contributed by atoms with Gasteiger partial charge in [-0.25, -0.2) is 0 Å². The maximum atomic E-state index is 13.8. The summed E-state index contributed by atoms with van der Waals surface area (Å²) in [5.74, 6) is 0.670. The van der Waals surface area contributed by atoms with Gasteiger partial charge in [0.25, 0.3) is 0 Å². The molecular weight excluding hydrogens is 426 g/mol. The highest BCUT2D eigenvalue weighted by atomic mass is 16.3. The fourth-order valence-electron chi connectivity index (χ4n) is 6.02. The second kappa shape index (κ2) is 8.46. The van der Waals surface area contributed by atoms with Crippen LogP contribution in [0.5, 0.6) is 11.5 Å². The van der Waals surface area contributed by atoms with Crippen molar-refractivity contribution in [1.82, 2.24) is 15.5 Å². The van der Waals surface area contributed by atoms with Crippen LogP contribution in [0.25, 0.3) is 0 Å². The van der Waals surface area contributed by atoms with Crippen LogP contribution in [0.15, 0.2) is 72.8 Å². The van der Waals surface area contributed by atoms with Crippen LogP contribution in [0.4, 0.5) is 0 Å². The van der Waals surface area contributed by atoms with Gasteiger partial charge < -0.3 is 20.4 Å². The summed E-state index contributed by atoms with van der Waals surface area (Å²) in [6.07, 6.45) is 3.02. The third kappa shape index (κ3) is 3.73. The average Bonchev–Trinajstić information content (AvgIpc) is 3.17. The number of amides is 1. The number of aromatic hydroxyl groups is 2. The third-order valence-corrected chi connectivity index (χ3v) is 7.59. The summed E-state index contributed by atoms with van der Waals surface area (Å²) in [4.78, 5) is 15.9. The lowest BCUT2D eigenvalue weighted by Gasteiger charge is -2.50. The maximum Gasteiger partial charge on any atom is 0.241 e. The Labute approximate surface area is 199 Å². The van der Waals surface area contributed by atoms with Crippen molar-refractivity contribution in [2.75, 3.05) is 0 Å². The third-order valence-electron chi connectivity index (χ3n) is 7.59. The minimum atomic E-state index is -0.297. The number of carbonyl (C=O) groups is 1. The van der Waals surface area contributed by atoms with E-state index in [0.29, 0.717) is 12.2 Å². The molecule has 3 aliphatic rings. The molecule has 6 heteroatoms. The molecule has 0 radical (unpaired) electrons. The Balaban J connectivity index is 1.33. The van der Waals surface area contributed by atoms with E-state index in [-0.39, 0.29) is 42.0 Å². The van der Waals surface area contributed by atoms with Gasteiger partial charge in [-0.2, -0.15) is 0 Å². The molecule has 34 heavy (non-hydrogen) atoms. The summed E-state index contributed by atoms with van der Waals surface area (Å²) in [7, 11) is 0. The molecule has 2 aliphatic heterocycles. The standard InChI is InChI=1S/C28H29N3O3/c32-20-9-6-18(7-10-20)15-24-28(34)31-25-13-8-19-16-21(33)11-12-22(19)26(25)29-23(27(31)30-24)14-17-4-2-1-3-5-17/h1-7,9-12,16,23-27,29-30,32-33H,8,13-15H2. The first kappa shape index (κ1) is 21.2. The summed E-state index contributed by atoms with van der Waals surface area (Å²) in [5.41, 5.74) is 4.60. The van der Waals surface area contributed by atoms with E-state index in [1.807, 2.05) is 30.3 Å². The van der Waals surface area contributed by atoms with E-state index in [4.69, 9.17) is 0 Å². The van der Waals surface area contributed by atoms with E-state index >= 15 is 0 Å². The van der Waals surface area contributed by atoms with Crippen molar-refractivity contribution in [3.8, 4) is 11.5 Å². The number of aryl methyl sites for hydroxylation is 1. The largest absolute Gasteiger partial charge is 0.508 e. The van der Waals surface area contributed by atoms with Gasteiger partial charge in [0.05, 0.1) is 24.3 Å². The molecule has 0 saturated carbocycles. The van der Waals surface area contributed by atoms with Gasteiger partial charge in [0.15, 0.2) is 0 Å². The molecule has 0 bridgehead atoms. The lowest BCUT2D eigenvalue weighted by Crippen LogP contribution is -2.66. The monoisotopic (exact) mass is 455 g/mol. The number of rotatable bonds is 4. The molecule has 1 aliphatic carbocycles. The van der Waals surface area contributed by atoms with Crippen molar-refractivity contribution >= 4 is 5.91 Å². The van der Waals surface area contributed by atoms with Gasteiger partial charge in [-0.15, -0.1) is 0 Å². The SMILES string of the molecule is O=C1C(Cc2ccc(O)cc2)NC2C(Cc3ccccc3)NC3c4ccc(O)cc4CCC3N12. The molecular formula is C28H29N3O3. The van der Waals surface area contributed by atoms with Gasteiger partial charge in [0.1, 0.15) is 11.5 Å². The first-order chi connectivity index (χ1) is 16.6. The van der Waals surface area contributed by atoms with E-state index in [1.54, 1.807) is 18.2 Å². The van der Waals surface area contributed by atoms with Crippen molar-refractivity contribution < 1.29 is 15.0 Å². The number of nitrogens with one attached hydrogen (secondary N) is 2. The van der Waals surface area contributed by atoms with E-state index < -0.39 is 0 Å². The van der Waals surface area contributed by atoms with Crippen LogP contribution in [0.3, 0.4) is 0 Å². The van der Waals surface area contributed by atoms with E-state index in [1.165, 1.54) is 11.1 Å². The zero-order chi connectivity index (χ0) is 23.2. The smallest absolute Gasteiger partial charge is 0.241 e. The Hall–Kier alpha value is -3.35. The van der Waals surface area contributed by atoms with Crippen LogP contribution >= 0.6 is 0 Å². The summed E-state index contributed by atoms with van der Waals surface area (Å²) < 4.78 is 0. The summed E-state index contributed by atoms with van der Waals surface area (Å²) in [5, 5.41) is 27.2. The van der Waals surface area contributed by atoms with Crippen LogP contribution in [0.2, 0.25) is 0 Å². The summed E-state index contributed by atoms with van der Waals surface area (Å²) >= 11 is 0. The molecule has 1 amide bonds. The Morgan fingerprint density at radius 1 is 0.853 bits per heavy atom. The van der Waals surface area contributed by atoms with Crippen LogP contribution in [0, 0.1) is 0 Å². The fraction of sp³-hybridized carbons (Fsp3) is 0.321. The van der Waals surface area contributed by atoms with Crippen molar-refractivity contribution in [1.29, 1.82) is 0 Å². The molecule has 3 aromatic carbocycles. The molecule has 2 fully saturated rings. The first-order valence-electron chi connectivity index (χ1n) is 12.0. The summed E-state index contributed by atoms with van der Waals surface area (Å²) in [6, 6.07) is 23.0. The first-order valence-corrected chi connectivity index (χ1v) is 12.0. The van der Waals surface area contributed by atoms with E-state index in [9.17, 15) is 15.0 Å². The Bertz CT molecular complexity index is 1200. The zero-order valence-corrected chi connectivity index (χ0v) is 18.9. The molecule has 3 aromatic rings. The minimum Gasteiger partial charge on any atom is -0.508 e. The number of piperazine rings is 1. The fourth-order valence-corrected chi connectivity index (χ4v) is 6.02. The average molecular weight is 456 g/mol. The molecule has 0 spiro atoms. The molecule has 6 nitrogen and oxygen atoms in total. The second-order valence-electron chi connectivity index (χ2n) is 9.71. The Morgan fingerprint density at radius 2 is 1.59 bits per heavy atom. The number of phenols is 2. The maximum absolute atomic E-state index is 13.8. The highest BCUT2D eigenvalue weighted by molar-refractivity contribution is 5.85. The summed E-state index contributed by atoms with van der Waals surface area (Å²) in [6.45, 7) is 0. The van der Waals surface area contributed by atoms with Gasteiger partial charge in [0, 0.05) is 6.04 Å². The lowest BCUT2D eigenvalue weighted by atomic mass is 9.80. The molecule has 4 N–H and O–H groups in total. The number of phenolic OH excluding ortho intramolecular Hbond substituents is 2. The van der Waals surface area contributed by atoms with Crippen LogP contribution < -0.4 is 10.6 Å². The number of nitrogens with zero attached hydrogens (tertiary/aromatic N) is 1. The predicted molar refractivity (Wildman–Crippen MR) is 129 cm³/mol. The molecule has 2 heterocycles. The van der Waals surface area contributed by atoms with Gasteiger partial charge in [-0.05, 0) is 72.2 Å². The lowest BCUT2D eigenvalue weighted by molar-refractivity contribution is -0.135. The molecule has 174 valence electrons. The van der Waals surface area contributed by atoms with Gasteiger partial charge in [-0.3, -0.25) is 10.1 Å². The van der Waals surface area contributed by atoms with Crippen LogP contribution in [-0.2, 0) is 24.1 Å².